The fourth-order valence-corrected chi connectivity index (χ4v) is 5.46. The SMILES string of the molecule is COc1ccccc1-c1nc2c(OC)ccc(OC)c2cc1CN(C[C@@H]1CCCO1)C(=O)c1csc(C)n1. The highest BCUT2D eigenvalue weighted by Gasteiger charge is 2.27. The van der Waals surface area contributed by atoms with Gasteiger partial charge in [0.2, 0.25) is 0 Å². The largest absolute Gasteiger partial charge is 0.496 e. The molecular weight excluding hydrogens is 502 g/mol. The van der Waals surface area contributed by atoms with Crippen molar-refractivity contribution in [2.75, 3.05) is 34.5 Å². The lowest BCUT2D eigenvalue weighted by Crippen LogP contribution is -2.37. The molecule has 3 heterocycles. The number of ether oxygens (including phenoxy) is 4. The lowest BCUT2D eigenvalue weighted by molar-refractivity contribution is 0.0503. The van der Waals surface area contributed by atoms with E-state index in [0.717, 1.165) is 34.4 Å². The summed E-state index contributed by atoms with van der Waals surface area (Å²) in [6.45, 7) is 3.39. The molecule has 0 N–H and O–H groups in total. The molecule has 1 aliphatic rings. The van der Waals surface area contributed by atoms with Gasteiger partial charge in [-0.15, -0.1) is 11.3 Å². The van der Waals surface area contributed by atoms with Crippen LogP contribution in [-0.2, 0) is 11.3 Å². The van der Waals surface area contributed by atoms with Crippen LogP contribution in [0.1, 0.15) is 33.9 Å². The molecule has 9 heteroatoms. The number of aryl methyl sites for hydroxylation is 1. The summed E-state index contributed by atoms with van der Waals surface area (Å²) >= 11 is 1.47. The summed E-state index contributed by atoms with van der Waals surface area (Å²) in [6.07, 6.45) is 1.89. The van der Waals surface area contributed by atoms with Crippen LogP contribution in [0.5, 0.6) is 17.2 Å². The lowest BCUT2D eigenvalue weighted by atomic mass is 10.0. The molecule has 0 aliphatic carbocycles. The number of nitrogens with zero attached hydrogens (tertiary/aromatic N) is 3. The van der Waals surface area contributed by atoms with Gasteiger partial charge in [0.15, 0.2) is 0 Å². The monoisotopic (exact) mass is 533 g/mol. The minimum Gasteiger partial charge on any atom is -0.496 e. The van der Waals surface area contributed by atoms with Crippen molar-refractivity contribution >= 4 is 28.1 Å². The van der Waals surface area contributed by atoms with Gasteiger partial charge in [-0.25, -0.2) is 9.97 Å². The van der Waals surface area contributed by atoms with E-state index in [0.29, 0.717) is 53.8 Å². The lowest BCUT2D eigenvalue weighted by Gasteiger charge is -2.26. The summed E-state index contributed by atoms with van der Waals surface area (Å²) < 4.78 is 22.9. The molecule has 0 bridgehead atoms. The standard InChI is InChI=1S/C29H31N3O5S/c1-18-30-23(17-38-18)29(33)32(16-20-8-7-13-37-20)15-19-14-22-25(35-3)11-12-26(36-4)28(22)31-27(19)21-9-5-6-10-24(21)34-2/h5-6,9-12,14,17,20H,7-8,13,15-16H2,1-4H3/t20-/m0/s1. The van der Waals surface area contributed by atoms with Gasteiger partial charge in [-0.3, -0.25) is 4.79 Å². The third-order valence-electron chi connectivity index (χ3n) is 6.72. The molecule has 8 nitrogen and oxygen atoms in total. The first-order valence-corrected chi connectivity index (χ1v) is 13.4. The highest BCUT2D eigenvalue weighted by molar-refractivity contribution is 7.09. The van der Waals surface area contributed by atoms with E-state index in [1.807, 2.05) is 59.7 Å². The van der Waals surface area contributed by atoms with Crippen molar-refractivity contribution in [3.05, 3.63) is 64.1 Å². The van der Waals surface area contributed by atoms with Crippen LogP contribution in [0.15, 0.2) is 47.8 Å². The summed E-state index contributed by atoms with van der Waals surface area (Å²) in [5, 5.41) is 3.47. The zero-order chi connectivity index (χ0) is 26.6. The molecule has 2 aromatic carbocycles. The normalized spacial score (nSPS) is 15.0. The number of carbonyl (C=O) groups excluding carboxylic acids is 1. The Morgan fingerprint density at radius 3 is 2.50 bits per heavy atom. The van der Waals surface area contributed by atoms with Crippen molar-refractivity contribution in [2.45, 2.75) is 32.4 Å². The van der Waals surface area contributed by atoms with Crippen LogP contribution in [0.25, 0.3) is 22.2 Å². The van der Waals surface area contributed by atoms with Gasteiger partial charge in [0.05, 0.1) is 38.1 Å². The molecule has 1 atom stereocenters. The van der Waals surface area contributed by atoms with E-state index in [4.69, 9.17) is 23.9 Å². The van der Waals surface area contributed by atoms with Gasteiger partial charge < -0.3 is 23.8 Å². The highest BCUT2D eigenvalue weighted by Crippen LogP contribution is 2.38. The Hall–Kier alpha value is -3.69. The molecule has 1 aliphatic heterocycles. The maximum atomic E-state index is 13.7. The number of thiazole rings is 1. The quantitative estimate of drug-likeness (QED) is 0.280. The average molecular weight is 534 g/mol. The molecule has 0 radical (unpaired) electrons. The summed E-state index contributed by atoms with van der Waals surface area (Å²) in [5.41, 5.74) is 3.50. The van der Waals surface area contributed by atoms with Gasteiger partial charge in [0, 0.05) is 36.0 Å². The maximum Gasteiger partial charge on any atom is 0.273 e. The van der Waals surface area contributed by atoms with Crippen LogP contribution in [0, 0.1) is 6.92 Å². The van der Waals surface area contributed by atoms with Crippen LogP contribution >= 0.6 is 11.3 Å². The van der Waals surface area contributed by atoms with Crippen molar-refractivity contribution in [3.8, 4) is 28.5 Å². The van der Waals surface area contributed by atoms with Crippen molar-refractivity contribution in [2.24, 2.45) is 0 Å². The first-order chi connectivity index (χ1) is 18.5. The Labute approximate surface area is 226 Å². The minimum atomic E-state index is -0.131. The van der Waals surface area contributed by atoms with Crippen molar-refractivity contribution in [3.63, 3.8) is 0 Å². The Balaban J connectivity index is 1.67. The van der Waals surface area contributed by atoms with Gasteiger partial charge in [-0.1, -0.05) is 12.1 Å². The predicted molar refractivity (Wildman–Crippen MR) is 147 cm³/mol. The Morgan fingerprint density at radius 1 is 1.05 bits per heavy atom. The number of carbonyl (C=O) groups is 1. The summed E-state index contributed by atoms with van der Waals surface area (Å²) in [5.74, 6) is 1.87. The van der Waals surface area contributed by atoms with Crippen molar-refractivity contribution in [1.29, 1.82) is 0 Å². The second kappa shape index (κ2) is 11.4. The van der Waals surface area contributed by atoms with E-state index in [1.165, 1.54) is 11.3 Å². The molecule has 38 heavy (non-hydrogen) atoms. The van der Waals surface area contributed by atoms with E-state index in [-0.39, 0.29) is 12.0 Å². The number of aromatic nitrogens is 2. The maximum absolute atomic E-state index is 13.7. The van der Waals surface area contributed by atoms with Gasteiger partial charge in [-0.05, 0) is 55.7 Å². The second-order valence-corrected chi connectivity index (χ2v) is 10.2. The van der Waals surface area contributed by atoms with Crippen molar-refractivity contribution in [1.82, 2.24) is 14.9 Å². The first kappa shape index (κ1) is 25.9. The van der Waals surface area contributed by atoms with Gasteiger partial charge >= 0.3 is 0 Å². The third kappa shape index (κ3) is 5.16. The van der Waals surface area contributed by atoms with E-state index in [9.17, 15) is 4.79 Å². The van der Waals surface area contributed by atoms with Gasteiger partial charge in [0.25, 0.3) is 5.91 Å². The van der Waals surface area contributed by atoms with E-state index in [2.05, 4.69) is 4.98 Å². The summed E-state index contributed by atoms with van der Waals surface area (Å²) in [6, 6.07) is 13.5. The molecule has 1 saturated heterocycles. The number of pyridine rings is 1. The molecule has 2 aromatic heterocycles. The topological polar surface area (TPSA) is 83.0 Å². The molecule has 5 rings (SSSR count). The highest BCUT2D eigenvalue weighted by atomic mass is 32.1. The molecule has 0 saturated carbocycles. The fraction of sp³-hybridized carbons (Fsp3) is 0.345. The smallest absolute Gasteiger partial charge is 0.273 e. The number of hydrogen-bond donors (Lipinski definition) is 0. The zero-order valence-electron chi connectivity index (χ0n) is 22.0. The predicted octanol–water partition coefficient (Wildman–Crippen LogP) is 5.51. The van der Waals surface area contributed by atoms with E-state index >= 15 is 0 Å². The Kier molecular flexibility index (Phi) is 7.76. The Bertz CT molecular complexity index is 1450. The number of benzene rings is 2. The van der Waals surface area contributed by atoms with E-state index in [1.54, 1.807) is 21.3 Å². The number of hydrogen-bond acceptors (Lipinski definition) is 8. The van der Waals surface area contributed by atoms with Crippen LogP contribution in [0.4, 0.5) is 0 Å². The molecule has 0 unspecified atom stereocenters. The van der Waals surface area contributed by atoms with Crippen LogP contribution in [0.2, 0.25) is 0 Å². The molecule has 1 fully saturated rings. The van der Waals surface area contributed by atoms with Crippen LogP contribution < -0.4 is 14.2 Å². The minimum absolute atomic E-state index is 0.0172. The summed E-state index contributed by atoms with van der Waals surface area (Å²) in [7, 11) is 4.89. The zero-order valence-corrected chi connectivity index (χ0v) is 22.8. The number of fused-ring (bicyclic) bond motifs is 1. The van der Waals surface area contributed by atoms with E-state index < -0.39 is 0 Å². The average Bonchev–Trinajstić information content (AvgIpc) is 3.63. The molecule has 4 aromatic rings. The third-order valence-corrected chi connectivity index (χ3v) is 7.50. The number of rotatable bonds is 9. The fourth-order valence-electron chi connectivity index (χ4n) is 4.87. The second-order valence-electron chi connectivity index (χ2n) is 9.14. The van der Waals surface area contributed by atoms with Gasteiger partial charge in [-0.2, -0.15) is 0 Å². The Morgan fingerprint density at radius 2 is 1.82 bits per heavy atom. The van der Waals surface area contributed by atoms with Crippen LogP contribution in [-0.4, -0.2) is 61.4 Å². The number of para-hydroxylation sites is 1. The molecule has 0 spiro atoms. The first-order valence-electron chi connectivity index (χ1n) is 12.5. The summed E-state index contributed by atoms with van der Waals surface area (Å²) in [4.78, 5) is 25.1. The van der Waals surface area contributed by atoms with Gasteiger partial charge in [0.1, 0.15) is 28.5 Å². The number of methoxy groups -OCH3 is 3. The molecular formula is C29H31N3O5S. The number of amides is 1. The van der Waals surface area contributed by atoms with Crippen molar-refractivity contribution < 1.29 is 23.7 Å². The van der Waals surface area contributed by atoms with Crippen LogP contribution in [0.3, 0.4) is 0 Å². The molecule has 198 valence electrons. The molecule has 1 amide bonds.